The first-order chi connectivity index (χ1) is 6.26. The van der Waals surface area contributed by atoms with E-state index in [0.717, 1.165) is 5.56 Å². The first kappa shape index (κ1) is 13.2. The summed E-state index contributed by atoms with van der Waals surface area (Å²) in [5.74, 6) is 0. The van der Waals surface area contributed by atoms with Crippen LogP contribution in [0.25, 0.3) is 5.41 Å². The summed E-state index contributed by atoms with van der Waals surface area (Å²) in [6, 6.07) is 9.42. The molecule has 1 rings (SSSR count). The fourth-order valence-electron chi connectivity index (χ4n) is 0.775. The van der Waals surface area contributed by atoms with Gasteiger partial charge in [0.05, 0.1) is 0 Å². The van der Waals surface area contributed by atoms with E-state index in [2.05, 4.69) is 6.92 Å². The molecule has 0 aromatic heterocycles. The van der Waals surface area contributed by atoms with Crippen LogP contribution < -0.4 is 0 Å². The van der Waals surface area contributed by atoms with Gasteiger partial charge in [-0.05, 0) is 5.56 Å². The first-order valence-electron chi connectivity index (χ1n) is 3.62. The van der Waals surface area contributed by atoms with Crippen LogP contribution in [0.3, 0.4) is 0 Å². The molecule has 70 valence electrons. The van der Waals surface area contributed by atoms with Crippen molar-refractivity contribution in [3.8, 4) is 0 Å². The molecule has 0 saturated carbocycles. The Labute approximate surface area is 95.6 Å². The average Bonchev–Trinajstić information content (AvgIpc) is 2.19. The van der Waals surface area contributed by atoms with Crippen molar-refractivity contribution in [1.29, 1.82) is 0 Å². The van der Waals surface area contributed by atoms with Crippen molar-refractivity contribution in [2.45, 2.75) is 6.42 Å². The topological polar surface area (TPSA) is 22.3 Å². The Balaban J connectivity index is 0.000000424. The van der Waals surface area contributed by atoms with E-state index < -0.39 is 17.0 Å². The van der Waals surface area contributed by atoms with Gasteiger partial charge in [-0.3, -0.25) is 0 Å². The van der Waals surface area contributed by atoms with Crippen LogP contribution in [0.2, 0.25) is 0 Å². The minimum absolute atomic E-state index is 0.348. The van der Waals surface area contributed by atoms with Gasteiger partial charge in [-0.2, -0.15) is 6.42 Å². The van der Waals surface area contributed by atoms with Crippen LogP contribution in [-0.4, -0.2) is 5.71 Å². The second-order valence-electron chi connectivity index (χ2n) is 2.13. The fourth-order valence-corrected chi connectivity index (χ4v) is 0.775. The average molecular weight is 250 g/mol. The number of halogens is 2. The standard InChI is InChI=1S/C9H9N.2ClH.Ti/c1-2-9(10)8-6-4-3-5-7-8;;;/h3-7H,1-2H2;2*1H;/q-2;;;+2/p-2. The molecule has 0 radical (unpaired) electrons. The molecule has 1 nitrogen and oxygen atoms in total. The zero-order valence-corrected chi connectivity index (χ0v) is 10.1. The van der Waals surface area contributed by atoms with Gasteiger partial charge in [0.15, 0.2) is 0 Å². The van der Waals surface area contributed by atoms with E-state index >= 15 is 0 Å². The van der Waals surface area contributed by atoms with Crippen molar-refractivity contribution in [3.63, 3.8) is 0 Å². The van der Waals surface area contributed by atoms with Gasteiger partial charge in [0, 0.05) is 0 Å². The maximum absolute atomic E-state index is 9.18. The van der Waals surface area contributed by atoms with Crippen LogP contribution >= 0.6 is 18.6 Å². The number of hydrogen-bond acceptors (Lipinski definition) is 0. The summed E-state index contributed by atoms with van der Waals surface area (Å²) in [7, 11) is 9.78. The minimum atomic E-state index is -0.556. The normalized spacial score (nSPS) is 8.23. The molecule has 0 aliphatic heterocycles. The maximum atomic E-state index is 9.18. The Morgan fingerprint density at radius 2 is 1.77 bits per heavy atom. The first-order valence-corrected chi connectivity index (χ1v) is 7.91. The van der Waals surface area contributed by atoms with E-state index in [1.807, 2.05) is 30.3 Å². The predicted molar refractivity (Wildman–Crippen MR) is 55.6 cm³/mol. The molecular weight excluding hydrogens is 241 g/mol. The van der Waals surface area contributed by atoms with Crippen molar-refractivity contribution in [3.05, 3.63) is 48.2 Å². The van der Waals surface area contributed by atoms with E-state index in [9.17, 15) is 5.41 Å². The molecule has 0 N–H and O–H groups in total. The quantitative estimate of drug-likeness (QED) is 0.434. The van der Waals surface area contributed by atoms with Crippen LogP contribution in [0.4, 0.5) is 0 Å². The molecule has 0 heterocycles. The molecule has 13 heavy (non-hydrogen) atoms. The second-order valence-corrected chi connectivity index (χ2v) is 4.71. The van der Waals surface area contributed by atoms with Crippen LogP contribution in [0.5, 0.6) is 0 Å². The summed E-state index contributed by atoms with van der Waals surface area (Å²) in [6.07, 6.45) is 0.448. The third-order valence-corrected chi connectivity index (χ3v) is 1.34. The predicted octanol–water partition coefficient (Wildman–Crippen LogP) is 3.65. The number of benzene rings is 1. The van der Waals surface area contributed by atoms with Crippen LogP contribution in [-0.2, 0) is 17.0 Å². The summed E-state index contributed by atoms with van der Waals surface area (Å²) in [5.41, 5.74) is 1.21. The third-order valence-electron chi connectivity index (χ3n) is 1.34. The van der Waals surface area contributed by atoms with E-state index in [0.29, 0.717) is 12.1 Å². The molecule has 4 heteroatoms. The molecule has 0 amide bonds. The van der Waals surface area contributed by atoms with Gasteiger partial charge < -0.3 is 12.3 Å². The van der Waals surface area contributed by atoms with Gasteiger partial charge in [-0.1, -0.05) is 30.3 Å². The van der Waals surface area contributed by atoms with Crippen LogP contribution in [0.15, 0.2) is 30.3 Å². The molecule has 1 aromatic carbocycles. The Hall–Kier alpha value is 0.184. The van der Waals surface area contributed by atoms with Gasteiger partial charge in [0.2, 0.25) is 0 Å². The third kappa shape index (κ3) is 6.28. The van der Waals surface area contributed by atoms with Crippen molar-refractivity contribution in [2.75, 3.05) is 0 Å². The molecule has 0 atom stereocenters. The van der Waals surface area contributed by atoms with E-state index in [1.54, 1.807) is 0 Å². The molecule has 0 unspecified atom stereocenters. The Bertz CT molecular complexity index is 239. The van der Waals surface area contributed by atoms with Crippen molar-refractivity contribution >= 4 is 24.3 Å². The second kappa shape index (κ2) is 8.77. The Morgan fingerprint density at radius 3 is 2.15 bits per heavy atom. The van der Waals surface area contributed by atoms with E-state index in [1.165, 1.54) is 0 Å². The Morgan fingerprint density at radius 1 is 1.31 bits per heavy atom. The van der Waals surface area contributed by atoms with Crippen LogP contribution in [0.1, 0.15) is 12.0 Å². The van der Waals surface area contributed by atoms with Crippen molar-refractivity contribution in [1.82, 2.24) is 0 Å². The van der Waals surface area contributed by atoms with Gasteiger partial charge in [-0.25, -0.2) is 5.71 Å². The summed E-state index contributed by atoms with van der Waals surface area (Å²) >= 11 is -0.556. The summed E-state index contributed by atoms with van der Waals surface area (Å²) < 4.78 is 0. The number of rotatable bonds is 2. The molecule has 0 saturated heterocycles. The summed E-state index contributed by atoms with van der Waals surface area (Å²) in [5, 5.41) is 9.18. The number of hydrogen-bond donors (Lipinski definition) is 0. The van der Waals surface area contributed by atoms with Crippen LogP contribution in [0, 0.1) is 6.92 Å². The summed E-state index contributed by atoms with van der Waals surface area (Å²) in [4.78, 5) is 0. The van der Waals surface area contributed by atoms with Gasteiger partial charge >= 0.3 is 35.6 Å². The van der Waals surface area contributed by atoms with Crippen molar-refractivity contribution < 1.29 is 17.0 Å². The molecule has 0 aliphatic rings. The van der Waals surface area contributed by atoms with Gasteiger partial charge in [-0.15, -0.1) is 0 Å². The fraction of sp³-hybridized carbons (Fsp3) is 0.111. The van der Waals surface area contributed by atoms with Gasteiger partial charge in [0.1, 0.15) is 0 Å². The molecule has 0 spiro atoms. The molecule has 0 aliphatic carbocycles. The summed E-state index contributed by atoms with van der Waals surface area (Å²) in [6.45, 7) is 3.57. The molecule has 1 aromatic rings. The zero-order valence-electron chi connectivity index (χ0n) is 7.00. The van der Waals surface area contributed by atoms with E-state index in [-0.39, 0.29) is 0 Å². The molecular formula is C9H9Cl2NTi-2. The van der Waals surface area contributed by atoms with Crippen molar-refractivity contribution in [2.24, 2.45) is 0 Å². The number of nitrogens with zero attached hydrogens (tertiary/aromatic N) is 1. The molecule has 0 bridgehead atoms. The SMILES string of the molecule is [CH2-]CC(=[N-])c1ccccc1.[Cl][Ti][Cl]. The zero-order chi connectivity index (χ0) is 10.1. The van der Waals surface area contributed by atoms with Gasteiger partial charge in [0.25, 0.3) is 0 Å². The monoisotopic (exact) mass is 249 g/mol. The van der Waals surface area contributed by atoms with E-state index in [4.69, 9.17) is 18.6 Å². The molecule has 0 fully saturated rings. The Kier molecular flexibility index (Phi) is 8.89.